The van der Waals surface area contributed by atoms with Gasteiger partial charge in [0.1, 0.15) is 17.9 Å². The SMILES string of the molecule is CCCCC(C(=O)C(C)C)C(C)C1CC(=O)C(NC(=O)C(CC(C)C)NC(=O)C(CCSC)NC(=O)OCC(C)C)Cc2ccccc21. The second-order valence-corrected chi connectivity index (χ2v) is 15.6. The van der Waals surface area contributed by atoms with Crippen LogP contribution in [0.4, 0.5) is 4.79 Å². The number of nitrogens with one attached hydrogen (secondary N) is 3. The molecule has 1 aliphatic rings. The van der Waals surface area contributed by atoms with Gasteiger partial charge in [0.05, 0.1) is 12.6 Å². The fourth-order valence-electron chi connectivity index (χ4n) is 6.46. The summed E-state index contributed by atoms with van der Waals surface area (Å²) in [6.45, 7) is 16.1. The second kappa shape index (κ2) is 20.6. The Balaban J connectivity index is 2.30. The van der Waals surface area contributed by atoms with Crippen LogP contribution in [-0.4, -0.2) is 66.2 Å². The number of amides is 3. The number of ether oxygens (including phenoxy) is 1. The molecule has 0 saturated carbocycles. The summed E-state index contributed by atoms with van der Waals surface area (Å²) in [5.74, 6) is -0.324. The molecule has 1 aliphatic carbocycles. The third-order valence-electron chi connectivity index (χ3n) is 9.18. The van der Waals surface area contributed by atoms with Crippen LogP contribution in [0.2, 0.25) is 0 Å². The maximum absolute atomic E-state index is 13.9. The predicted molar refractivity (Wildman–Crippen MR) is 194 cm³/mol. The van der Waals surface area contributed by atoms with Gasteiger partial charge in [0.25, 0.3) is 0 Å². The van der Waals surface area contributed by atoms with Crippen LogP contribution in [0.25, 0.3) is 0 Å². The van der Waals surface area contributed by atoms with E-state index in [0.717, 1.165) is 30.4 Å². The highest BCUT2D eigenvalue weighted by Gasteiger charge is 2.39. The van der Waals surface area contributed by atoms with Gasteiger partial charge in [0, 0.05) is 24.7 Å². The number of unbranched alkanes of at least 4 members (excludes halogenated alkanes) is 1. The molecule has 1 aromatic rings. The number of Topliss-reactive ketones (excluding diaryl/α,β-unsaturated/α-hetero) is 2. The Morgan fingerprint density at radius 1 is 0.896 bits per heavy atom. The van der Waals surface area contributed by atoms with Crippen molar-refractivity contribution >= 4 is 41.2 Å². The van der Waals surface area contributed by atoms with E-state index >= 15 is 0 Å². The van der Waals surface area contributed by atoms with Gasteiger partial charge in [-0.3, -0.25) is 19.2 Å². The largest absolute Gasteiger partial charge is 0.449 e. The Bertz CT molecular complexity index is 1220. The molecule has 0 fully saturated rings. The van der Waals surface area contributed by atoms with Gasteiger partial charge in [-0.2, -0.15) is 11.8 Å². The van der Waals surface area contributed by atoms with Crippen molar-refractivity contribution in [3.63, 3.8) is 0 Å². The first-order valence-corrected chi connectivity index (χ1v) is 19.3. The molecule has 0 spiro atoms. The number of alkyl carbamates (subject to hydrolysis) is 1. The third kappa shape index (κ3) is 12.9. The molecule has 3 amide bonds. The topological polar surface area (TPSA) is 131 Å². The van der Waals surface area contributed by atoms with Gasteiger partial charge in [-0.1, -0.05) is 92.5 Å². The Kier molecular flexibility index (Phi) is 17.7. The van der Waals surface area contributed by atoms with Gasteiger partial charge in [-0.05, 0) is 66.1 Å². The van der Waals surface area contributed by atoms with E-state index in [1.165, 1.54) is 0 Å². The van der Waals surface area contributed by atoms with E-state index < -0.39 is 36.0 Å². The van der Waals surface area contributed by atoms with E-state index in [9.17, 15) is 24.0 Å². The van der Waals surface area contributed by atoms with Crippen LogP contribution < -0.4 is 16.0 Å². The lowest BCUT2D eigenvalue weighted by Crippen LogP contribution is -2.56. The Hall–Kier alpha value is -2.88. The first kappa shape index (κ1) is 41.3. The molecule has 0 bridgehead atoms. The third-order valence-corrected chi connectivity index (χ3v) is 9.83. The summed E-state index contributed by atoms with van der Waals surface area (Å²) < 4.78 is 5.25. The quantitative estimate of drug-likeness (QED) is 0.142. The van der Waals surface area contributed by atoms with E-state index in [4.69, 9.17) is 4.74 Å². The Morgan fingerprint density at radius 2 is 1.58 bits per heavy atom. The maximum atomic E-state index is 13.9. The Morgan fingerprint density at radius 3 is 2.19 bits per heavy atom. The van der Waals surface area contributed by atoms with E-state index in [1.807, 2.05) is 66.0 Å². The number of hydrogen-bond acceptors (Lipinski definition) is 7. The fourth-order valence-corrected chi connectivity index (χ4v) is 6.93. The van der Waals surface area contributed by atoms with Crippen LogP contribution in [0.15, 0.2) is 24.3 Å². The predicted octanol–water partition coefficient (Wildman–Crippen LogP) is 6.47. The number of thioether (sulfide) groups is 1. The number of benzene rings is 1. The van der Waals surface area contributed by atoms with Crippen molar-refractivity contribution in [1.29, 1.82) is 0 Å². The number of carbonyl (C=O) groups excluding carboxylic acids is 5. The molecule has 6 unspecified atom stereocenters. The van der Waals surface area contributed by atoms with Crippen molar-refractivity contribution < 1.29 is 28.7 Å². The molecule has 1 aromatic carbocycles. The summed E-state index contributed by atoms with van der Waals surface area (Å²) in [5.41, 5.74) is 2.05. The number of carbonyl (C=O) groups is 5. The fraction of sp³-hybridized carbons (Fsp3) is 0.711. The van der Waals surface area contributed by atoms with Crippen LogP contribution in [0.3, 0.4) is 0 Å². The molecule has 0 heterocycles. The maximum Gasteiger partial charge on any atom is 0.407 e. The molecule has 6 atom stereocenters. The normalized spacial score (nSPS) is 18.8. The highest BCUT2D eigenvalue weighted by atomic mass is 32.2. The summed E-state index contributed by atoms with van der Waals surface area (Å²) >= 11 is 1.55. The molecule has 0 radical (unpaired) electrons. The standard InChI is InChI=1S/C38H61N3O6S/c1-10-11-15-28(35(43)25(6)7)26(8)30-21-34(42)32(20-27-14-12-13-16-29(27)30)39-37(45)33(19-23(2)3)40-36(44)31(17-18-48-9)41-38(46)47-22-24(4)5/h12-14,16,23-26,28,30-33H,10-11,15,17-22H2,1-9H3,(H,39,45)(H,40,44)(H,41,46). The zero-order chi connectivity index (χ0) is 36.0. The molecule has 0 aromatic heterocycles. The van der Waals surface area contributed by atoms with Gasteiger partial charge in [0.15, 0.2) is 5.78 Å². The van der Waals surface area contributed by atoms with Gasteiger partial charge in [0.2, 0.25) is 11.8 Å². The minimum Gasteiger partial charge on any atom is -0.449 e. The summed E-state index contributed by atoms with van der Waals surface area (Å²) in [6, 6.07) is 5.44. The van der Waals surface area contributed by atoms with Crippen molar-refractivity contribution in [3.05, 3.63) is 35.4 Å². The van der Waals surface area contributed by atoms with E-state index in [1.54, 1.807) is 11.8 Å². The van der Waals surface area contributed by atoms with E-state index in [-0.39, 0.29) is 60.1 Å². The Labute approximate surface area is 293 Å². The van der Waals surface area contributed by atoms with Gasteiger partial charge in [-0.25, -0.2) is 4.79 Å². The summed E-state index contributed by atoms with van der Waals surface area (Å²) in [7, 11) is 0. The van der Waals surface area contributed by atoms with Crippen molar-refractivity contribution in [1.82, 2.24) is 16.0 Å². The van der Waals surface area contributed by atoms with Crippen LogP contribution in [0.1, 0.15) is 111 Å². The molecule has 0 saturated heterocycles. The van der Waals surface area contributed by atoms with Crippen LogP contribution in [-0.2, 0) is 30.3 Å². The van der Waals surface area contributed by atoms with Gasteiger partial charge < -0.3 is 20.7 Å². The zero-order valence-corrected chi connectivity index (χ0v) is 31.5. The molecule has 2 rings (SSSR count). The smallest absolute Gasteiger partial charge is 0.407 e. The second-order valence-electron chi connectivity index (χ2n) is 14.6. The van der Waals surface area contributed by atoms with Gasteiger partial charge >= 0.3 is 6.09 Å². The summed E-state index contributed by atoms with van der Waals surface area (Å²) in [6.07, 6.45) is 5.27. The number of fused-ring (bicyclic) bond motifs is 1. The average molecular weight is 688 g/mol. The lowest BCUT2D eigenvalue weighted by atomic mass is 9.71. The summed E-state index contributed by atoms with van der Waals surface area (Å²) in [5, 5.41) is 8.53. The molecule has 270 valence electrons. The van der Waals surface area contributed by atoms with Crippen molar-refractivity contribution in [3.8, 4) is 0 Å². The van der Waals surface area contributed by atoms with Gasteiger partial charge in [-0.15, -0.1) is 0 Å². The number of rotatable bonds is 19. The molecule has 3 N–H and O–H groups in total. The minimum atomic E-state index is -0.897. The molecular formula is C38H61N3O6S. The summed E-state index contributed by atoms with van der Waals surface area (Å²) in [4.78, 5) is 67.1. The van der Waals surface area contributed by atoms with E-state index in [2.05, 4.69) is 35.9 Å². The minimum absolute atomic E-state index is 0.0445. The average Bonchev–Trinajstić information content (AvgIpc) is 3.17. The van der Waals surface area contributed by atoms with E-state index in [0.29, 0.717) is 25.0 Å². The molecule has 0 aliphatic heterocycles. The van der Waals surface area contributed by atoms with Crippen molar-refractivity contribution in [2.75, 3.05) is 18.6 Å². The lowest BCUT2D eigenvalue weighted by molar-refractivity contribution is -0.132. The molecular weight excluding hydrogens is 626 g/mol. The van der Waals surface area contributed by atoms with Crippen molar-refractivity contribution in [2.24, 2.45) is 29.6 Å². The van der Waals surface area contributed by atoms with Crippen molar-refractivity contribution in [2.45, 2.75) is 124 Å². The van der Waals surface area contributed by atoms with Crippen LogP contribution in [0, 0.1) is 29.6 Å². The molecule has 9 nitrogen and oxygen atoms in total. The first-order valence-electron chi connectivity index (χ1n) is 17.9. The number of ketones is 2. The highest BCUT2D eigenvalue weighted by molar-refractivity contribution is 7.98. The highest BCUT2D eigenvalue weighted by Crippen LogP contribution is 2.40. The van der Waals surface area contributed by atoms with Crippen LogP contribution >= 0.6 is 11.8 Å². The zero-order valence-electron chi connectivity index (χ0n) is 30.7. The lowest BCUT2D eigenvalue weighted by Gasteiger charge is -2.32. The van der Waals surface area contributed by atoms with Crippen LogP contribution in [0.5, 0.6) is 0 Å². The first-order chi connectivity index (χ1) is 22.7. The monoisotopic (exact) mass is 687 g/mol. The molecule has 48 heavy (non-hydrogen) atoms. The molecule has 10 heteroatoms. The number of hydrogen-bond donors (Lipinski definition) is 3.